The van der Waals surface area contributed by atoms with E-state index in [1.54, 1.807) is 17.0 Å². The molecular formula is C20H20N4O4. The number of H-pyrrole nitrogens is 1. The van der Waals surface area contributed by atoms with Crippen LogP contribution >= 0.6 is 0 Å². The molecule has 0 spiro atoms. The largest absolute Gasteiger partial charge is 0.481 e. The van der Waals surface area contributed by atoms with E-state index in [1.165, 1.54) is 0 Å². The normalized spacial score (nSPS) is 14.9. The number of aromatic amines is 1. The molecule has 0 bridgehead atoms. The molecule has 0 aliphatic carbocycles. The van der Waals surface area contributed by atoms with Crippen LogP contribution in [0, 0.1) is 0 Å². The molecular weight excluding hydrogens is 360 g/mol. The van der Waals surface area contributed by atoms with E-state index in [-0.39, 0.29) is 18.2 Å². The summed E-state index contributed by atoms with van der Waals surface area (Å²) in [6, 6.07) is 13.0. The number of piperidine rings is 1. The molecule has 4 rings (SSSR count). The average molecular weight is 380 g/mol. The summed E-state index contributed by atoms with van der Waals surface area (Å²) in [6.45, 7) is 1.19. The van der Waals surface area contributed by atoms with Crippen molar-refractivity contribution >= 4 is 11.9 Å². The zero-order chi connectivity index (χ0) is 19.5. The second-order valence-corrected chi connectivity index (χ2v) is 6.90. The van der Waals surface area contributed by atoms with Gasteiger partial charge < -0.3 is 14.5 Å². The van der Waals surface area contributed by atoms with Gasteiger partial charge in [-0.2, -0.15) is 5.10 Å². The number of carboxylic acids is 1. The first-order valence-corrected chi connectivity index (χ1v) is 9.17. The lowest BCUT2D eigenvalue weighted by atomic mass is 9.93. The summed E-state index contributed by atoms with van der Waals surface area (Å²) in [6.07, 6.45) is 1.47. The lowest BCUT2D eigenvalue weighted by molar-refractivity contribution is -0.136. The molecule has 1 fully saturated rings. The fourth-order valence-electron chi connectivity index (χ4n) is 3.50. The maximum absolute atomic E-state index is 12.7. The minimum atomic E-state index is -0.891. The van der Waals surface area contributed by atoms with Crippen molar-refractivity contribution in [3.63, 3.8) is 0 Å². The van der Waals surface area contributed by atoms with Crippen LogP contribution in [0.25, 0.3) is 11.3 Å². The summed E-state index contributed by atoms with van der Waals surface area (Å²) in [7, 11) is 0. The Morgan fingerprint density at radius 2 is 1.93 bits per heavy atom. The molecule has 3 aromatic rings. The Labute approximate surface area is 161 Å². The van der Waals surface area contributed by atoms with Crippen LogP contribution in [0.4, 0.5) is 0 Å². The molecule has 0 atom stereocenters. The van der Waals surface area contributed by atoms with Crippen LogP contribution in [-0.2, 0) is 11.2 Å². The van der Waals surface area contributed by atoms with Crippen LogP contribution in [0.2, 0.25) is 0 Å². The summed E-state index contributed by atoms with van der Waals surface area (Å²) in [5, 5.41) is 19.8. The van der Waals surface area contributed by atoms with E-state index in [0.717, 1.165) is 24.1 Å². The third-order valence-corrected chi connectivity index (χ3v) is 4.98. The molecule has 0 saturated carbocycles. The highest BCUT2D eigenvalue weighted by Crippen LogP contribution is 2.28. The monoisotopic (exact) mass is 380 g/mol. The summed E-state index contributed by atoms with van der Waals surface area (Å²) < 4.78 is 5.33. The van der Waals surface area contributed by atoms with Gasteiger partial charge in [0.2, 0.25) is 0 Å². The molecule has 2 N–H and O–H groups in total. The number of aromatic nitrogens is 3. The van der Waals surface area contributed by atoms with Crippen LogP contribution in [0.15, 0.2) is 47.0 Å². The van der Waals surface area contributed by atoms with Gasteiger partial charge in [0, 0.05) is 36.3 Å². The van der Waals surface area contributed by atoms with E-state index in [0.29, 0.717) is 30.2 Å². The number of hydrogen-bond acceptors (Lipinski definition) is 5. The van der Waals surface area contributed by atoms with Crippen LogP contribution in [0.5, 0.6) is 0 Å². The Bertz CT molecular complexity index is 971. The van der Waals surface area contributed by atoms with Gasteiger partial charge in [-0.3, -0.25) is 14.7 Å². The molecule has 0 unspecified atom stereocenters. The van der Waals surface area contributed by atoms with Crippen LogP contribution in [-0.4, -0.2) is 50.3 Å². The number of benzene rings is 1. The molecule has 2 aromatic heterocycles. The van der Waals surface area contributed by atoms with Gasteiger partial charge in [0.15, 0.2) is 11.5 Å². The number of likely N-dealkylation sites (tertiary alicyclic amines) is 1. The SMILES string of the molecule is O=C(O)Cc1cc(C2CCN(C(=O)c3cc(-c4ccccc4)on3)CC2)n[nH]1. The zero-order valence-electron chi connectivity index (χ0n) is 15.2. The van der Waals surface area contributed by atoms with E-state index >= 15 is 0 Å². The molecule has 1 aliphatic rings. The second kappa shape index (κ2) is 7.67. The Morgan fingerprint density at radius 1 is 1.18 bits per heavy atom. The number of carboxylic acid groups (broad SMARTS) is 1. The maximum Gasteiger partial charge on any atom is 0.309 e. The van der Waals surface area contributed by atoms with E-state index < -0.39 is 5.97 Å². The van der Waals surface area contributed by atoms with Gasteiger partial charge >= 0.3 is 5.97 Å². The molecule has 1 amide bonds. The Morgan fingerprint density at radius 3 is 2.64 bits per heavy atom. The number of amides is 1. The lowest BCUT2D eigenvalue weighted by Crippen LogP contribution is -2.38. The smallest absolute Gasteiger partial charge is 0.309 e. The van der Waals surface area contributed by atoms with Crippen molar-refractivity contribution < 1.29 is 19.2 Å². The number of carbonyl (C=O) groups excluding carboxylic acids is 1. The number of hydrogen-bond donors (Lipinski definition) is 2. The Hall–Kier alpha value is -3.42. The molecule has 1 saturated heterocycles. The number of carbonyl (C=O) groups is 2. The summed E-state index contributed by atoms with van der Waals surface area (Å²) >= 11 is 0. The van der Waals surface area contributed by atoms with Gasteiger partial charge in [-0.05, 0) is 18.9 Å². The predicted octanol–water partition coefficient (Wildman–Crippen LogP) is 2.71. The fourth-order valence-corrected chi connectivity index (χ4v) is 3.50. The van der Waals surface area contributed by atoms with Crippen molar-refractivity contribution in [3.8, 4) is 11.3 Å². The highest BCUT2D eigenvalue weighted by molar-refractivity contribution is 5.93. The van der Waals surface area contributed by atoms with Gasteiger partial charge in [-0.25, -0.2) is 0 Å². The van der Waals surface area contributed by atoms with Crippen molar-refractivity contribution in [1.29, 1.82) is 0 Å². The van der Waals surface area contributed by atoms with Gasteiger partial charge in [-0.15, -0.1) is 0 Å². The van der Waals surface area contributed by atoms with Gasteiger partial charge in [0.25, 0.3) is 5.91 Å². The van der Waals surface area contributed by atoms with Crippen molar-refractivity contribution in [2.24, 2.45) is 0 Å². The van der Waals surface area contributed by atoms with Crippen molar-refractivity contribution in [1.82, 2.24) is 20.3 Å². The van der Waals surface area contributed by atoms with Crippen LogP contribution in [0.3, 0.4) is 0 Å². The number of nitrogens with zero attached hydrogens (tertiary/aromatic N) is 3. The molecule has 0 radical (unpaired) electrons. The predicted molar refractivity (Wildman–Crippen MR) is 99.7 cm³/mol. The summed E-state index contributed by atoms with van der Waals surface area (Å²) in [5.74, 6) is -0.252. The second-order valence-electron chi connectivity index (χ2n) is 6.90. The first-order valence-electron chi connectivity index (χ1n) is 9.17. The molecule has 1 aliphatic heterocycles. The Kier molecular flexibility index (Phi) is 4.92. The third-order valence-electron chi connectivity index (χ3n) is 4.98. The molecule has 144 valence electrons. The summed E-state index contributed by atoms with van der Waals surface area (Å²) in [4.78, 5) is 25.3. The number of rotatable bonds is 5. The number of nitrogens with one attached hydrogen (secondary N) is 1. The Balaban J connectivity index is 1.37. The van der Waals surface area contributed by atoms with Crippen molar-refractivity contribution in [2.45, 2.75) is 25.2 Å². The summed E-state index contributed by atoms with van der Waals surface area (Å²) in [5.41, 5.74) is 2.64. The van der Waals surface area contributed by atoms with Crippen molar-refractivity contribution in [2.75, 3.05) is 13.1 Å². The van der Waals surface area contributed by atoms with Crippen LogP contribution < -0.4 is 0 Å². The highest BCUT2D eigenvalue weighted by Gasteiger charge is 2.27. The third kappa shape index (κ3) is 3.80. The van der Waals surface area contributed by atoms with E-state index in [9.17, 15) is 9.59 Å². The molecule has 1 aromatic carbocycles. The van der Waals surface area contributed by atoms with E-state index in [1.807, 2.05) is 30.3 Å². The molecule has 8 nitrogen and oxygen atoms in total. The minimum Gasteiger partial charge on any atom is -0.481 e. The van der Waals surface area contributed by atoms with Gasteiger partial charge in [0.05, 0.1) is 12.1 Å². The molecule has 3 heterocycles. The average Bonchev–Trinajstić information content (AvgIpc) is 3.38. The molecule has 8 heteroatoms. The van der Waals surface area contributed by atoms with Gasteiger partial charge in [-0.1, -0.05) is 35.5 Å². The minimum absolute atomic E-state index is 0.0692. The van der Waals surface area contributed by atoms with Gasteiger partial charge in [0.1, 0.15) is 0 Å². The van der Waals surface area contributed by atoms with E-state index in [2.05, 4.69) is 15.4 Å². The number of aliphatic carboxylic acids is 1. The maximum atomic E-state index is 12.7. The fraction of sp³-hybridized carbons (Fsp3) is 0.300. The zero-order valence-corrected chi connectivity index (χ0v) is 15.2. The standard InChI is InChI=1S/C20H20N4O4/c25-19(26)11-15-10-16(22-21-15)13-6-8-24(9-7-13)20(27)17-12-18(28-23-17)14-4-2-1-3-5-14/h1-5,10,12-13H,6-9,11H2,(H,21,22)(H,25,26). The first-order chi connectivity index (χ1) is 13.6. The quantitative estimate of drug-likeness (QED) is 0.704. The first kappa shape index (κ1) is 18.0. The van der Waals surface area contributed by atoms with Crippen LogP contribution in [0.1, 0.15) is 40.6 Å². The molecule has 28 heavy (non-hydrogen) atoms. The van der Waals surface area contributed by atoms with Crippen molar-refractivity contribution in [3.05, 3.63) is 59.5 Å². The highest BCUT2D eigenvalue weighted by atomic mass is 16.5. The van der Waals surface area contributed by atoms with E-state index in [4.69, 9.17) is 9.63 Å². The lowest BCUT2D eigenvalue weighted by Gasteiger charge is -2.30. The topological polar surface area (TPSA) is 112 Å².